The van der Waals surface area contributed by atoms with Crippen LogP contribution in [0.4, 0.5) is 10.1 Å². The fraction of sp³-hybridized carbons (Fsp3) is 0.571. The van der Waals surface area contributed by atoms with Gasteiger partial charge in [-0.05, 0) is 36.5 Å². The summed E-state index contributed by atoms with van der Waals surface area (Å²) in [5.41, 5.74) is 7.03. The average molecular weight is 236 g/mol. The molecule has 0 bridgehead atoms. The van der Waals surface area contributed by atoms with Gasteiger partial charge in [0.2, 0.25) is 0 Å². The molecule has 3 heteroatoms. The predicted molar refractivity (Wildman–Crippen MR) is 69.5 cm³/mol. The van der Waals surface area contributed by atoms with Gasteiger partial charge in [-0.2, -0.15) is 0 Å². The third-order valence-electron chi connectivity index (χ3n) is 3.67. The highest BCUT2D eigenvalue weighted by Crippen LogP contribution is 2.28. The highest BCUT2D eigenvalue weighted by molar-refractivity contribution is 5.48. The van der Waals surface area contributed by atoms with Crippen molar-refractivity contribution in [1.29, 1.82) is 0 Å². The van der Waals surface area contributed by atoms with E-state index in [0.29, 0.717) is 12.2 Å². The Morgan fingerprint density at radius 3 is 2.65 bits per heavy atom. The van der Waals surface area contributed by atoms with E-state index in [2.05, 4.69) is 0 Å². The smallest absolute Gasteiger partial charge is 0.146 e. The van der Waals surface area contributed by atoms with Crippen molar-refractivity contribution in [3.05, 3.63) is 29.6 Å². The molecule has 2 nitrogen and oxygen atoms in total. The van der Waals surface area contributed by atoms with E-state index < -0.39 is 0 Å². The molecule has 1 aromatic carbocycles. The summed E-state index contributed by atoms with van der Waals surface area (Å²) in [7, 11) is 1.97. The Hall–Kier alpha value is -1.09. The van der Waals surface area contributed by atoms with Gasteiger partial charge in [-0.1, -0.05) is 18.9 Å². The summed E-state index contributed by atoms with van der Waals surface area (Å²) in [5, 5.41) is 0. The van der Waals surface area contributed by atoms with E-state index in [1.165, 1.54) is 25.7 Å². The van der Waals surface area contributed by atoms with E-state index in [1.54, 1.807) is 6.07 Å². The van der Waals surface area contributed by atoms with Crippen LogP contribution in [0.2, 0.25) is 0 Å². The summed E-state index contributed by atoms with van der Waals surface area (Å²) < 4.78 is 13.9. The van der Waals surface area contributed by atoms with Crippen molar-refractivity contribution in [3.63, 3.8) is 0 Å². The first kappa shape index (κ1) is 12.4. The molecule has 1 saturated carbocycles. The monoisotopic (exact) mass is 236 g/mol. The molecule has 0 spiro atoms. The van der Waals surface area contributed by atoms with Gasteiger partial charge in [0.05, 0.1) is 5.69 Å². The maximum atomic E-state index is 13.9. The molecule has 0 atom stereocenters. The molecule has 0 heterocycles. The summed E-state index contributed by atoms with van der Waals surface area (Å²) in [6, 6.07) is 5.29. The standard InChI is InChI=1S/C14H21FN2/c1-17(10-11-4-2-3-5-11)14-7-6-12(9-16)8-13(14)15/h6-8,11H,2-5,9-10,16H2,1H3. The molecule has 2 rings (SSSR count). The van der Waals surface area contributed by atoms with Gasteiger partial charge in [-0.3, -0.25) is 0 Å². The van der Waals surface area contributed by atoms with Gasteiger partial charge in [-0.25, -0.2) is 4.39 Å². The Balaban J connectivity index is 2.04. The maximum absolute atomic E-state index is 13.9. The number of benzene rings is 1. The summed E-state index contributed by atoms with van der Waals surface area (Å²) in [4.78, 5) is 2.03. The van der Waals surface area contributed by atoms with E-state index in [-0.39, 0.29) is 5.82 Å². The van der Waals surface area contributed by atoms with Crippen LogP contribution >= 0.6 is 0 Å². The summed E-state index contributed by atoms with van der Waals surface area (Å²) in [5.74, 6) is 0.571. The first-order chi connectivity index (χ1) is 8.20. The Kier molecular flexibility index (Phi) is 4.00. The fourth-order valence-corrected chi connectivity index (χ4v) is 2.67. The minimum absolute atomic E-state index is 0.159. The molecule has 0 radical (unpaired) electrons. The average Bonchev–Trinajstić information content (AvgIpc) is 2.81. The second-order valence-electron chi connectivity index (χ2n) is 5.02. The number of nitrogens with zero attached hydrogens (tertiary/aromatic N) is 1. The topological polar surface area (TPSA) is 29.3 Å². The number of rotatable bonds is 4. The van der Waals surface area contributed by atoms with Gasteiger partial charge >= 0.3 is 0 Å². The highest BCUT2D eigenvalue weighted by atomic mass is 19.1. The van der Waals surface area contributed by atoms with Crippen molar-refractivity contribution in [3.8, 4) is 0 Å². The molecule has 1 aliphatic rings. The molecule has 94 valence electrons. The van der Waals surface area contributed by atoms with Gasteiger partial charge < -0.3 is 10.6 Å². The second kappa shape index (κ2) is 5.50. The van der Waals surface area contributed by atoms with Crippen LogP contribution in [0.15, 0.2) is 18.2 Å². The Morgan fingerprint density at radius 1 is 1.35 bits per heavy atom. The van der Waals surface area contributed by atoms with Gasteiger partial charge in [-0.15, -0.1) is 0 Å². The summed E-state index contributed by atoms with van der Waals surface area (Å²) in [6.45, 7) is 1.35. The second-order valence-corrected chi connectivity index (χ2v) is 5.02. The van der Waals surface area contributed by atoms with Crippen LogP contribution in [0.1, 0.15) is 31.2 Å². The molecule has 1 aromatic rings. The molecule has 0 unspecified atom stereocenters. The van der Waals surface area contributed by atoms with Crippen molar-refractivity contribution in [2.75, 3.05) is 18.5 Å². The number of anilines is 1. The maximum Gasteiger partial charge on any atom is 0.146 e. The third kappa shape index (κ3) is 2.97. The number of hydrogen-bond acceptors (Lipinski definition) is 2. The minimum atomic E-state index is -0.159. The molecule has 0 aliphatic heterocycles. The molecule has 0 saturated heterocycles. The van der Waals surface area contributed by atoms with E-state index in [4.69, 9.17) is 5.73 Å². The molecule has 1 fully saturated rings. The lowest BCUT2D eigenvalue weighted by Crippen LogP contribution is -2.24. The SMILES string of the molecule is CN(CC1CCCC1)c1ccc(CN)cc1F. The van der Waals surface area contributed by atoms with E-state index in [9.17, 15) is 4.39 Å². The van der Waals surface area contributed by atoms with Crippen molar-refractivity contribution >= 4 is 5.69 Å². The third-order valence-corrected chi connectivity index (χ3v) is 3.67. The Bertz CT molecular complexity index is 372. The Morgan fingerprint density at radius 2 is 2.06 bits per heavy atom. The summed E-state index contributed by atoms with van der Waals surface area (Å²) >= 11 is 0. The molecule has 1 aliphatic carbocycles. The lowest BCUT2D eigenvalue weighted by molar-refractivity contribution is 0.538. The van der Waals surface area contributed by atoms with Crippen molar-refractivity contribution in [1.82, 2.24) is 0 Å². The fourth-order valence-electron chi connectivity index (χ4n) is 2.67. The van der Waals surface area contributed by atoms with Crippen LogP contribution < -0.4 is 10.6 Å². The van der Waals surface area contributed by atoms with Crippen LogP contribution in [0.25, 0.3) is 0 Å². The number of hydrogen-bond donors (Lipinski definition) is 1. The first-order valence-corrected chi connectivity index (χ1v) is 6.40. The van der Waals surface area contributed by atoms with Crippen LogP contribution in [-0.2, 0) is 6.54 Å². The lowest BCUT2D eigenvalue weighted by Gasteiger charge is -2.23. The Labute approximate surface area is 103 Å². The van der Waals surface area contributed by atoms with Crippen LogP contribution in [0.3, 0.4) is 0 Å². The van der Waals surface area contributed by atoms with Crippen molar-refractivity contribution in [2.45, 2.75) is 32.2 Å². The van der Waals surface area contributed by atoms with Gasteiger partial charge in [0, 0.05) is 20.1 Å². The molecule has 0 amide bonds. The zero-order chi connectivity index (χ0) is 12.3. The molecular formula is C14H21FN2. The molecular weight excluding hydrogens is 215 g/mol. The van der Waals surface area contributed by atoms with Crippen molar-refractivity contribution in [2.24, 2.45) is 11.7 Å². The quantitative estimate of drug-likeness (QED) is 0.871. The zero-order valence-electron chi connectivity index (χ0n) is 10.5. The van der Waals surface area contributed by atoms with Gasteiger partial charge in [0.25, 0.3) is 0 Å². The largest absolute Gasteiger partial charge is 0.372 e. The predicted octanol–water partition coefficient (Wildman–Crippen LogP) is 2.91. The van der Waals surface area contributed by atoms with Gasteiger partial charge in [0.1, 0.15) is 5.82 Å². The van der Waals surface area contributed by atoms with E-state index in [1.807, 2.05) is 24.1 Å². The lowest BCUT2D eigenvalue weighted by atomic mass is 10.1. The molecule has 0 aromatic heterocycles. The first-order valence-electron chi connectivity index (χ1n) is 6.40. The zero-order valence-corrected chi connectivity index (χ0v) is 10.5. The van der Waals surface area contributed by atoms with Crippen LogP contribution in [0.5, 0.6) is 0 Å². The highest BCUT2D eigenvalue weighted by Gasteiger charge is 2.18. The van der Waals surface area contributed by atoms with Gasteiger partial charge in [0.15, 0.2) is 0 Å². The normalized spacial score (nSPS) is 16.4. The van der Waals surface area contributed by atoms with Crippen molar-refractivity contribution < 1.29 is 4.39 Å². The number of halogens is 1. The molecule has 2 N–H and O–H groups in total. The minimum Gasteiger partial charge on any atom is -0.372 e. The number of nitrogens with two attached hydrogens (primary N) is 1. The molecule has 17 heavy (non-hydrogen) atoms. The van der Waals surface area contributed by atoms with E-state index in [0.717, 1.165) is 18.0 Å². The van der Waals surface area contributed by atoms with Crippen LogP contribution in [-0.4, -0.2) is 13.6 Å². The van der Waals surface area contributed by atoms with E-state index >= 15 is 0 Å². The summed E-state index contributed by atoms with van der Waals surface area (Å²) in [6.07, 6.45) is 5.22. The van der Waals surface area contributed by atoms with Crippen LogP contribution in [0, 0.1) is 11.7 Å².